The maximum absolute atomic E-state index is 4.25. The van der Waals surface area contributed by atoms with Gasteiger partial charge in [0.1, 0.15) is 0 Å². The van der Waals surface area contributed by atoms with E-state index in [2.05, 4.69) is 34.4 Å². The highest BCUT2D eigenvalue weighted by atomic mass is 15.1. The second-order valence-electron chi connectivity index (χ2n) is 3.60. The van der Waals surface area contributed by atoms with Gasteiger partial charge in [0.2, 0.25) is 0 Å². The summed E-state index contributed by atoms with van der Waals surface area (Å²) in [5.41, 5.74) is 3.13. The van der Waals surface area contributed by atoms with Crippen molar-refractivity contribution >= 4 is 11.2 Å². The molecule has 0 aromatic carbocycles. The second kappa shape index (κ2) is 4.91. The Morgan fingerprint density at radius 3 is 2.47 bits per heavy atom. The van der Waals surface area contributed by atoms with Crippen molar-refractivity contribution in [1.29, 1.82) is 0 Å². The lowest BCUT2D eigenvalue weighted by atomic mass is 10.3. The van der Waals surface area contributed by atoms with Gasteiger partial charge in [0.25, 0.3) is 0 Å². The van der Waals surface area contributed by atoms with Gasteiger partial charge in [-0.05, 0) is 32.4 Å². The quantitative estimate of drug-likeness (QED) is 0.714. The van der Waals surface area contributed by atoms with E-state index < -0.39 is 0 Å². The third-order valence-electron chi connectivity index (χ3n) is 2.12. The van der Waals surface area contributed by atoms with E-state index in [1.165, 1.54) is 5.56 Å². The van der Waals surface area contributed by atoms with E-state index in [0.717, 1.165) is 11.2 Å². The van der Waals surface area contributed by atoms with Crippen LogP contribution < -0.4 is 0 Å². The zero-order chi connectivity index (χ0) is 11.4. The summed E-state index contributed by atoms with van der Waals surface area (Å²) in [5.74, 6) is 0. The van der Waals surface area contributed by atoms with Crippen LogP contribution in [0, 0.1) is 6.92 Å². The first-order chi connectivity index (χ1) is 7.18. The number of imidazole rings is 1. The van der Waals surface area contributed by atoms with Crippen molar-refractivity contribution in [3.05, 3.63) is 24.2 Å². The molecule has 0 N–H and O–H groups in total. The fourth-order valence-electron chi connectivity index (χ4n) is 1.43. The first-order valence-electron chi connectivity index (χ1n) is 5.47. The SMILES string of the molecule is CC.Cc1cnc2ncn(C(C)C)c2c1. The number of nitrogens with zero attached hydrogens (tertiary/aromatic N) is 3. The molecule has 0 bridgehead atoms. The molecule has 0 saturated heterocycles. The molecule has 0 saturated carbocycles. The number of pyridine rings is 1. The van der Waals surface area contributed by atoms with E-state index in [4.69, 9.17) is 0 Å². The maximum atomic E-state index is 4.25. The Kier molecular flexibility index (Phi) is 3.83. The van der Waals surface area contributed by atoms with Crippen LogP contribution >= 0.6 is 0 Å². The molecule has 0 aliphatic carbocycles. The number of hydrogen-bond acceptors (Lipinski definition) is 2. The molecule has 3 nitrogen and oxygen atoms in total. The van der Waals surface area contributed by atoms with Gasteiger partial charge < -0.3 is 4.57 Å². The summed E-state index contributed by atoms with van der Waals surface area (Å²) < 4.78 is 2.13. The molecule has 2 heterocycles. The van der Waals surface area contributed by atoms with Crippen molar-refractivity contribution in [1.82, 2.24) is 14.5 Å². The lowest BCUT2D eigenvalue weighted by Crippen LogP contribution is -1.98. The molecule has 0 aliphatic rings. The van der Waals surface area contributed by atoms with E-state index in [1.807, 2.05) is 33.3 Å². The van der Waals surface area contributed by atoms with Gasteiger partial charge in [0, 0.05) is 12.2 Å². The molecule has 0 unspecified atom stereocenters. The van der Waals surface area contributed by atoms with Gasteiger partial charge in [-0.15, -0.1) is 0 Å². The third kappa shape index (κ3) is 2.35. The van der Waals surface area contributed by atoms with Gasteiger partial charge in [0.05, 0.1) is 11.8 Å². The summed E-state index contributed by atoms with van der Waals surface area (Å²) in [6.07, 6.45) is 3.70. The zero-order valence-corrected chi connectivity index (χ0v) is 10.2. The minimum atomic E-state index is 0.439. The summed E-state index contributed by atoms with van der Waals surface area (Å²) in [5, 5.41) is 0. The highest BCUT2D eigenvalue weighted by Crippen LogP contribution is 2.16. The Hall–Kier alpha value is -1.38. The van der Waals surface area contributed by atoms with Crippen LogP contribution in [0.4, 0.5) is 0 Å². The van der Waals surface area contributed by atoms with E-state index in [-0.39, 0.29) is 0 Å². The summed E-state index contributed by atoms with van der Waals surface area (Å²) in [6, 6.07) is 2.56. The number of aromatic nitrogens is 3. The van der Waals surface area contributed by atoms with Crippen molar-refractivity contribution < 1.29 is 0 Å². The van der Waals surface area contributed by atoms with Crippen LogP contribution in [0.3, 0.4) is 0 Å². The number of aryl methyl sites for hydroxylation is 1. The molecule has 0 atom stereocenters. The predicted molar refractivity (Wildman–Crippen MR) is 64.0 cm³/mol. The van der Waals surface area contributed by atoms with Crippen molar-refractivity contribution in [3.63, 3.8) is 0 Å². The fourth-order valence-corrected chi connectivity index (χ4v) is 1.43. The summed E-state index contributed by atoms with van der Waals surface area (Å²) in [4.78, 5) is 8.48. The maximum Gasteiger partial charge on any atom is 0.177 e. The van der Waals surface area contributed by atoms with Crippen LogP contribution in [-0.4, -0.2) is 14.5 Å². The van der Waals surface area contributed by atoms with Gasteiger partial charge in [-0.1, -0.05) is 13.8 Å². The number of rotatable bonds is 1. The molecule has 15 heavy (non-hydrogen) atoms. The molecule has 2 aromatic heterocycles. The van der Waals surface area contributed by atoms with Crippen molar-refractivity contribution in [2.24, 2.45) is 0 Å². The van der Waals surface area contributed by atoms with E-state index in [0.29, 0.717) is 6.04 Å². The molecule has 0 spiro atoms. The lowest BCUT2D eigenvalue weighted by Gasteiger charge is -2.07. The summed E-state index contributed by atoms with van der Waals surface area (Å²) >= 11 is 0. The molecule has 0 amide bonds. The average molecular weight is 205 g/mol. The Morgan fingerprint density at radius 2 is 1.87 bits per heavy atom. The van der Waals surface area contributed by atoms with Crippen LogP contribution in [-0.2, 0) is 0 Å². The van der Waals surface area contributed by atoms with Gasteiger partial charge in [-0.2, -0.15) is 0 Å². The van der Waals surface area contributed by atoms with Crippen molar-refractivity contribution in [3.8, 4) is 0 Å². The standard InChI is InChI=1S/C10H13N3.C2H6/c1-7(2)13-6-12-10-9(13)4-8(3)5-11-10;1-2/h4-7H,1-3H3;1-2H3. The monoisotopic (exact) mass is 205 g/mol. The highest BCUT2D eigenvalue weighted by molar-refractivity contribution is 5.71. The minimum absolute atomic E-state index is 0.439. The van der Waals surface area contributed by atoms with Crippen LogP contribution in [0.2, 0.25) is 0 Å². The Balaban J connectivity index is 0.000000531. The first-order valence-corrected chi connectivity index (χ1v) is 5.47. The van der Waals surface area contributed by atoms with E-state index in [9.17, 15) is 0 Å². The predicted octanol–water partition coefficient (Wildman–Crippen LogP) is 3.35. The second-order valence-corrected chi connectivity index (χ2v) is 3.60. The number of hydrogen-bond donors (Lipinski definition) is 0. The van der Waals surface area contributed by atoms with E-state index in [1.54, 1.807) is 0 Å². The van der Waals surface area contributed by atoms with Gasteiger partial charge in [-0.3, -0.25) is 0 Å². The zero-order valence-electron chi connectivity index (χ0n) is 10.2. The molecule has 0 fully saturated rings. The van der Waals surface area contributed by atoms with Gasteiger partial charge in [-0.25, -0.2) is 9.97 Å². The topological polar surface area (TPSA) is 30.7 Å². The van der Waals surface area contributed by atoms with Crippen LogP contribution in [0.1, 0.15) is 39.3 Å². The smallest absolute Gasteiger partial charge is 0.177 e. The molecule has 2 aromatic rings. The molecular formula is C12H19N3. The first kappa shape index (κ1) is 11.7. The van der Waals surface area contributed by atoms with Crippen LogP contribution in [0.15, 0.2) is 18.6 Å². The molecule has 0 aliphatic heterocycles. The summed E-state index contributed by atoms with van der Waals surface area (Å²) in [6.45, 7) is 10.3. The molecular weight excluding hydrogens is 186 g/mol. The van der Waals surface area contributed by atoms with Crippen molar-refractivity contribution in [2.45, 2.75) is 40.7 Å². The third-order valence-corrected chi connectivity index (χ3v) is 2.12. The lowest BCUT2D eigenvalue weighted by molar-refractivity contribution is 0.617. The fraction of sp³-hybridized carbons (Fsp3) is 0.500. The Morgan fingerprint density at radius 1 is 1.20 bits per heavy atom. The van der Waals surface area contributed by atoms with Crippen LogP contribution in [0.5, 0.6) is 0 Å². The summed E-state index contributed by atoms with van der Waals surface area (Å²) in [7, 11) is 0. The minimum Gasteiger partial charge on any atom is -0.327 e. The Labute approximate surface area is 91.2 Å². The molecule has 2 rings (SSSR count). The largest absolute Gasteiger partial charge is 0.327 e. The Bertz CT molecular complexity index is 429. The molecule has 3 heteroatoms. The molecule has 0 radical (unpaired) electrons. The van der Waals surface area contributed by atoms with E-state index >= 15 is 0 Å². The van der Waals surface area contributed by atoms with Gasteiger partial charge >= 0.3 is 0 Å². The highest BCUT2D eigenvalue weighted by Gasteiger charge is 2.05. The van der Waals surface area contributed by atoms with Gasteiger partial charge in [0.15, 0.2) is 5.65 Å². The molecule has 82 valence electrons. The number of fused-ring (bicyclic) bond motifs is 1. The normalized spacial score (nSPS) is 10.3. The average Bonchev–Trinajstić information content (AvgIpc) is 2.63. The van der Waals surface area contributed by atoms with Crippen LogP contribution in [0.25, 0.3) is 11.2 Å². The van der Waals surface area contributed by atoms with Crippen molar-refractivity contribution in [2.75, 3.05) is 0 Å².